The maximum atomic E-state index is 11.5. The molecule has 1 rings (SSSR count). The SMILES string of the molecule is CCCN(C)c1nc(NCC)ncc1C(C)=O. The van der Waals surface area contributed by atoms with E-state index in [1.54, 1.807) is 6.20 Å². The standard InChI is InChI=1S/C12H20N4O/c1-5-7-16(4)11-10(9(3)17)8-14-12(15-11)13-6-2/h8H,5-7H2,1-4H3,(H,13,14,15). The van der Waals surface area contributed by atoms with Crippen LogP contribution >= 0.6 is 0 Å². The van der Waals surface area contributed by atoms with Gasteiger partial charge in [0.05, 0.1) is 5.56 Å². The molecule has 0 unspecified atom stereocenters. The maximum Gasteiger partial charge on any atom is 0.224 e. The summed E-state index contributed by atoms with van der Waals surface area (Å²) in [5.41, 5.74) is 0.572. The number of nitrogens with one attached hydrogen (secondary N) is 1. The predicted molar refractivity (Wildman–Crippen MR) is 69.8 cm³/mol. The van der Waals surface area contributed by atoms with Crippen molar-refractivity contribution in [1.29, 1.82) is 0 Å². The van der Waals surface area contributed by atoms with Crippen LogP contribution in [0.25, 0.3) is 0 Å². The summed E-state index contributed by atoms with van der Waals surface area (Å²) in [5.74, 6) is 1.26. The van der Waals surface area contributed by atoms with Crippen LogP contribution in [0.1, 0.15) is 37.6 Å². The highest BCUT2D eigenvalue weighted by Crippen LogP contribution is 2.18. The first-order valence-electron chi connectivity index (χ1n) is 5.93. The van der Waals surface area contributed by atoms with E-state index in [-0.39, 0.29) is 5.78 Å². The molecule has 0 radical (unpaired) electrons. The van der Waals surface area contributed by atoms with Crippen molar-refractivity contribution in [3.8, 4) is 0 Å². The van der Waals surface area contributed by atoms with Crippen LogP contribution < -0.4 is 10.2 Å². The van der Waals surface area contributed by atoms with Crippen molar-refractivity contribution in [2.24, 2.45) is 0 Å². The van der Waals surface area contributed by atoms with E-state index in [2.05, 4.69) is 22.2 Å². The molecule has 0 atom stereocenters. The van der Waals surface area contributed by atoms with Crippen molar-refractivity contribution in [2.45, 2.75) is 27.2 Å². The van der Waals surface area contributed by atoms with Crippen molar-refractivity contribution >= 4 is 17.5 Å². The van der Waals surface area contributed by atoms with Crippen molar-refractivity contribution < 1.29 is 4.79 Å². The van der Waals surface area contributed by atoms with Gasteiger partial charge in [0.2, 0.25) is 5.95 Å². The average molecular weight is 236 g/mol. The van der Waals surface area contributed by atoms with Crippen molar-refractivity contribution in [3.05, 3.63) is 11.8 Å². The molecule has 17 heavy (non-hydrogen) atoms. The van der Waals surface area contributed by atoms with E-state index >= 15 is 0 Å². The third-order valence-corrected chi connectivity index (χ3v) is 2.40. The summed E-state index contributed by atoms with van der Waals surface area (Å²) in [6, 6.07) is 0. The highest BCUT2D eigenvalue weighted by molar-refractivity contribution is 5.98. The van der Waals surface area contributed by atoms with Gasteiger partial charge in [-0.05, 0) is 20.3 Å². The largest absolute Gasteiger partial charge is 0.359 e. The smallest absolute Gasteiger partial charge is 0.224 e. The zero-order valence-electron chi connectivity index (χ0n) is 10.9. The number of carbonyl (C=O) groups excluding carboxylic acids is 1. The van der Waals surface area contributed by atoms with Gasteiger partial charge >= 0.3 is 0 Å². The second-order valence-corrected chi connectivity index (χ2v) is 3.94. The Bertz CT molecular complexity index is 392. The number of hydrogen-bond donors (Lipinski definition) is 1. The zero-order valence-corrected chi connectivity index (χ0v) is 10.9. The molecule has 0 bridgehead atoms. The van der Waals surface area contributed by atoms with Gasteiger partial charge in [0.25, 0.3) is 0 Å². The van der Waals surface area contributed by atoms with E-state index in [1.807, 2.05) is 18.9 Å². The fourth-order valence-electron chi connectivity index (χ4n) is 1.60. The Balaban J connectivity index is 3.10. The summed E-state index contributed by atoms with van der Waals surface area (Å²) in [5, 5.41) is 3.05. The van der Waals surface area contributed by atoms with E-state index in [0.29, 0.717) is 17.3 Å². The molecule has 5 heteroatoms. The molecule has 1 aromatic heterocycles. The van der Waals surface area contributed by atoms with Crippen LogP contribution in [-0.2, 0) is 0 Å². The number of carbonyl (C=O) groups is 1. The Hall–Kier alpha value is -1.65. The zero-order chi connectivity index (χ0) is 12.8. The first-order chi connectivity index (χ1) is 8.10. The number of anilines is 2. The Morgan fingerprint density at radius 2 is 2.18 bits per heavy atom. The second kappa shape index (κ2) is 6.18. The average Bonchev–Trinajstić information content (AvgIpc) is 2.29. The van der Waals surface area contributed by atoms with E-state index in [0.717, 1.165) is 19.5 Å². The molecule has 0 aliphatic rings. The van der Waals surface area contributed by atoms with Gasteiger partial charge in [0, 0.05) is 26.3 Å². The second-order valence-electron chi connectivity index (χ2n) is 3.94. The molecule has 0 aliphatic carbocycles. The number of ketones is 1. The summed E-state index contributed by atoms with van der Waals surface area (Å²) < 4.78 is 0. The van der Waals surface area contributed by atoms with Crippen molar-refractivity contribution in [1.82, 2.24) is 9.97 Å². The maximum absolute atomic E-state index is 11.5. The van der Waals surface area contributed by atoms with Crippen molar-refractivity contribution in [3.63, 3.8) is 0 Å². The summed E-state index contributed by atoms with van der Waals surface area (Å²) in [6.45, 7) is 7.24. The van der Waals surface area contributed by atoms with Gasteiger partial charge in [-0.15, -0.1) is 0 Å². The number of nitrogens with zero attached hydrogens (tertiary/aromatic N) is 3. The fourth-order valence-corrected chi connectivity index (χ4v) is 1.60. The summed E-state index contributed by atoms with van der Waals surface area (Å²) in [6.07, 6.45) is 2.60. The van der Waals surface area contributed by atoms with Gasteiger partial charge in [-0.3, -0.25) is 4.79 Å². The highest BCUT2D eigenvalue weighted by Gasteiger charge is 2.14. The van der Waals surface area contributed by atoms with Crippen LogP contribution in [0.4, 0.5) is 11.8 Å². The third kappa shape index (κ3) is 3.41. The monoisotopic (exact) mass is 236 g/mol. The van der Waals surface area contributed by atoms with Gasteiger partial charge in [-0.1, -0.05) is 6.92 Å². The lowest BCUT2D eigenvalue weighted by Crippen LogP contribution is -2.22. The molecule has 0 fully saturated rings. The van der Waals surface area contributed by atoms with E-state index in [1.165, 1.54) is 6.92 Å². The van der Waals surface area contributed by atoms with Gasteiger partial charge in [-0.25, -0.2) is 4.98 Å². The van der Waals surface area contributed by atoms with Crippen LogP contribution in [0, 0.1) is 0 Å². The Kier molecular flexibility index (Phi) is 4.87. The molecule has 0 spiro atoms. The lowest BCUT2D eigenvalue weighted by Gasteiger charge is -2.20. The van der Waals surface area contributed by atoms with Gasteiger partial charge in [0.15, 0.2) is 5.78 Å². The lowest BCUT2D eigenvalue weighted by atomic mass is 10.2. The van der Waals surface area contributed by atoms with Crippen LogP contribution in [0.2, 0.25) is 0 Å². The molecule has 94 valence electrons. The van der Waals surface area contributed by atoms with E-state index in [4.69, 9.17) is 0 Å². The summed E-state index contributed by atoms with van der Waals surface area (Å²) in [7, 11) is 1.94. The molecule has 1 N–H and O–H groups in total. The third-order valence-electron chi connectivity index (χ3n) is 2.40. The van der Waals surface area contributed by atoms with Crippen LogP contribution in [0.3, 0.4) is 0 Å². The molecule has 1 aromatic rings. The Labute approximate surface area is 102 Å². The first kappa shape index (κ1) is 13.4. The normalized spacial score (nSPS) is 10.1. The molecule has 0 aromatic carbocycles. The van der Waals surface area contributed by atoms with Gasteiger partial charge in [-0.2, -0.15) is 4.98 Å². The van der Waals surface area contributed by atoms with Gasteiger partial charge in [0.1, 0.15) is 5.82 Å². The number of Topliss-reactive ketones (excluding diaryl/α,β-unsaturated/α-hetero) is 1. The van der Waals surface area contributed by atoms with Crippen LogP contribution in [0.15, 0.2) is 6.20 Å². The van der Waals surface area contributed by atoms with E-state index < -0.39 is 0 Å². The van der Waals surface area contributed by atoms with Crippen LogP contribution in [-0.4, -0.2) is 35.9 Å². The predicted octanol–water partition coefficient (Wildman–Crippen LogP) is 1.96. The minimum Gasteiger partial charge on any atom is -0.359 e. The molecule has 0 amide bonds. The topological polar surface area (TPSA) is 58.1 Å². The highest BCUT2D eigenvalue weighted by atomic mass is 16.1. The number of rotatable bonds is 6. The Morgan fingerprint density at radius 1 is 1.47 bits per heavy atom. The summed E-state index contributed by atoms with van der Waals surface area (Å²) in [4.78, 5) is 22.0. The number of aromatic nitrogens is 2. The lowest BCUT2D eigenvalue weighted by molar-refractivity contribution is 0.101. The minimum absolute atomic E-state index is 0.00833. The van der Waals surface area contributed by atoms with Crippen LogP contribution in [0.5, 0.6) is 0 Å². The van der Waals surface area contributed by atoms with Crippen molar-refractivity contribution in [2.75, 3.05) is 30.4 Å². The quantitative estimate of drug-likeness (QED) is 0.765. The number of hydrogen-bond acceptors (Lipinski definition) is 5. The molecule has 0 saturated carbocycles. The van der Waals surface area contributed by atoms with Gasteiger partial charge < -0.3 is 10.2 Å². The molecule has 1 heterocycles. The fraction of sp³-hybridized carbons (Fsp3) is 0.583. The summed E-state index contributed by atoms with van der Waals surface area (Å²) >= 11 is 0. The molecule has 0 aliphatic heterocycles. The molecule has 0 saturated heterocycles. The Morgan fingerprint density at radius 3 is 2.71 bits per heavy atom. The first-order valence-corrected chi connectivity index (χ1v) is 5.93. The molecule has 5 nitrogen and oxygen atoms in total. The molecular formula is C12H20N4O. The van der Waals surface area contributed by atoms with E-state index in [9.17, 15) is 4.79 Å². The minimum atomic E-state index is -0.00833. The molecular weight excluding hydrogens is 216 g/mol.